The summed E-state index contributed by atoms with van der Waals surface area (Å²) in [5.41, 5.74) is 6.84. The Morgan fingerprint density at radius 2 is 1.40 bits per heavy atom. The second kappa shape index (κ2) is 16.9. The van der Waals surface area contributed by atoms with Crippen LogP contribution in [0.25, 0.3) is 11.1 Å². The van der Waals surface area contributed by atoms with Gasteiger partial charge < -0.3 is 23.8 Å². The maximum atomic E-state index is 13.3. The molecule has 14 heteroatoms. The lowest BCUT2D eigenvalue weighted by Gasteiger charge is -2.50. The molecule has 5 fully saturated rings. The Morgan fingerprint density at radius 3 is 2.05 bits per heavy atom. The molecular weight excluding hydrogens is 787 g/mol. The Hall–Kier alpha value is -5.05. The van der Waals surface area contributed by atoms with Crippen molar-refractivity contribution < 1.29 is 28.7 Å². The predicted molar refractivity (Wildman–Crippen MR) is 236 cm³/mol. The van der Waals surface area contributed by atoms with Crippen molar-refractivity contribution in [3.63, 3.8) is 0 Å². The van der Waals surface area contributed by atoms with Gasteiger partial charge in [0.1, 0.15) is 17.5 Å². The normalized spacial score (nSPS) is 22.9. The third kappa shape index (κ3) is 7.83. The van der Waals surface area contributed by atoms with Gasteiger partial charge in [0.15, 0.2) is 0 Å². The molecule has 3 aromatic rings. The van der Waals surface area contributed by atoms with E-state index in [0.717, 1.165) is 115 Å². The fourth-order valence-corrected chi connectivity index (χ4v) is 11.3. The van der Waals surface area contributed by atoms with Gasteiger partial charge >= 0.3 is 0 Å². The number of aromatic nitrogens is 1. The van der Waals surface area contributed by atoms with E-state index in [9.17, 15) is 24.0 Å². The van der Waals surface area contributed by atoms with E-state index in [1.165, 1.54) is 38.5 Å². The quantitative estimate of drug-likeness (QED) is 0.292. The van der Waals surface area contributed by atoms with Crippen LogP contribution in [0.15, 0.2) is 41.3 Å². The first-order valence-corrected chi connectivity index (χ1v) is 22.6. The average molecular weight is 848 g/mol. The molecule has 1 spiro atoms. The minimum atomic E-state index is -0.952. The monoisotopic (exact) mass is 847 g/mol. The second-order valence-corrected chi connectivity index (χ2v) is 18.9. The number of nitrogens with zero attached hydrogens (tertiary/aromatic N) is 6. The van der Waals surface area contributed by atoms with E-state index in [1.54, 1.807) is 38.0 Å². The maximum Gasteiger partial charge on any atom is 0.262 e. The number of fused-ring (bicyclic) bond motifs is 1. The molecule has 0 radical (unpaired) electrons. The number of benzene rings is 2. The molecule has 9 rings (SSSR count). The van der Waals surface area contributed by atoms with Gasteiger partial charge in [-0.25, -0.2) is 0 Å². The predicted octanol–water partition coefficient (Wildman–Crippen LogP) is 4.37. The molecule has 6 aliphatic rings. The number of imide groups is 2. The van der Waals surface area contributed by atoms with E-state index in [-0.39, 0.29) is 24.3 Å². The number of carbonyl (C=O) groups is 4. The summed E-state index contributed by atoms with van der Waals surface area (Å²) in [6.45, 7) is 14.0. The third-order valence-electron chi connectivity index (χ3n) is 15.3. The molecule has 1 atom stereocenters. The lowest BCUT2D eigenvalue weighted by Crippen LogP contribution is -2.54. The van der Waals surface area contributed by atoms with Gasteiger partial charge in [-0.3, -0.25) is 44.0 Å². The van der Waals surface area contributed by atoms with E-state index < -0.39 is 23.8 Å². The Labute approximate surface area is 364 Å². The number of aryl methyl sites for hydroxylation is 1. The van der Waals surface area contributed by atoms with Gasteiger partial charge in [0.2, 0.25) is 11.8 Å². The van der Waals surface area contributed by atoms with Crippen LogP contribution in [0.5, 0.6) is 11.5 Å². The summed E-state index contributed by atoms with van der Waals surface area (Å²) in [4.78, 5) is 74.3. The van der Waals surface area contributed by atoms with Crippen LogP contribution in [0, 0.1) is 25.2 Å². The van der Waals surface area contributed by atoms with Crippen molar-refractivity contribution >= 4 is 29.3 Å². The summed E-state index contributed by atoms with van der Waals surface area (Å²) >= 11 is 0. The summed E-state index contributed by atoms with van der Waals surface area (Å²) in [6.07, 6.45) is 9.92. The van der Waals surface area contributed by atoms with Crippen molar-refractivity contribution in [2.24, 2.45) is 18.4 Å². The number of pyridine rings is 1. The zero-order chi connectivity index (χ0) is 43.4. The number of carbonyl (C=O) groups excluding carboxylic acids is 4. The molecule has 1 N–H and O–H groups in total. The first kappa shape index (κ1) is 42.3. The Morgan fingerprint density at radius 1 is 0.742 bits per heavy atom. The van der Waals surface area contributed by atoms with Crippen LogP contribution < -0.4 is 25.2 Å². The highest BCUT2D eigenvalue weighted by Crippen LogP contribution is 2.46. The van der Waals surface area contributed by atoms with Crippen molar-refractivity contribution in [1.82, 2.24) is 29.5 Å². The van der Waals surface area contributed by atoms with E-state index in [4.69, 9.17) is 9.47 Å². The Bertz CT molecular complexity index is 2300. The SMILES string of the molecule is COc1cc(-c2cn(C)c(=O)c(C)c2C)cc(OC)c1CN1CCN(C2CCC3(CC2)CCN(CC2CN(c4ccc5c(c4)C(=O)N(C4CCC(=O)NC4=O)C5=O)C2)CC3)CC1. The Kier molecular flexibility index (Phi) is 11.5. The zero-order valence-corrected chi connectivity index (χ0v) is 37.0. The van der Waals surface area contributed by atoms with Gasteiger partial charge in [-0.05, 0) is 119 Å². The van der Waals surface area contributed by atoms with Crippen LogP contribution in [0.2, 0.25) is 0 Å². The van der Waals surface area contributed by atoms with E-state index in [2.05, 4.69) is 37.0 Å². The lowest BCUT2D eigenvalue weighted by molar-refractivity contribution is -0.136. The molecule has 62 heavy (non-hydrogen) atoms. The topological polar surface area (TPSA) is 137 Å². The number of likely N-dealkylation sites (tertiary alicyclic amines) is 1. The summed E-state index contributed by atoms with van der Waals surface area (Å²) in [7, 11) is 5.23. The molecule has 1 unspecified atom stereocenters. The number of piperazine rings is 1. The molecule has 4 saturated heterocycles. The van der Waals surface area contributed by atoms with Crippen molar-refractivity contribution in [2.75, 3.05) is 78.0 Å². The lowest BCUT2D eigenvalue weighted by atomic mass is 9.66. The number of ether oxygens (including phenoxy) is 2. The molecular formula is C48H61N7O7. The van der Waals surface area contributed by atoms with Crippen LogP contribution in [0.1, 0.15) is 88.8 Å². The number of methoxy groups -OCH3 is 2. The van der Waals surface area contributed by atoms with Crippen LogP contribution >= 0.6 is 0 Å². The van der Waals surface area contributed by atoms with E-state index >= 15 is 0 Å². The summed E-state index contributed by atoms with van der Waals surface area (Å²) in [5, 5.41) is 2.26. The molecule has 330 valence electrons. The van der Waals surface area contributed by atoms with Gasteiger partial charge in [-0.2, -0.15) is 0 Å². The first-order chi connectivity index (χ1) is 29.8. The van der Waals surface area contributed by atoms with Gasteiger partial charge in [0, 0.05) is 101 Å². The number of amides is 4. The minimum absolute atomic E-state index is 0.0200. The zero-order valence-electron chi connectivity index (χ0n) is 37.0. The first-order valence-electron chi connectivity index (χ1n) is 22.6. The number of nitrogens with one attached hydrogen (secondary N) is 1. The molecule has 2 aromatic carbocycles. The molecule has 6 heterocycles. The smallest absolute Gasteiger partial charge is 0.262 e. The van der Waals surface area contributed by atoms with Gasteiger partial charge in [-0.1, -0.05) is 0 Å². The van der Waals surface area contributed by atoms with Crippen LogP contribution in [-0.2, 0) is 23.2 Å². The molecule has 0 bridgehead atoms. The van der Waals surface area contributed by atoms with E-state index in [1.807, 2.05) is 26.1 Å². The van der Waals surface area contributed by atoms with Crippen molar-refractivity contribution in [2.45, 2.75) is 83.8 Å². The molecule has 1 saturated carbocycles. The average Bonchev–Trinajstić information content (AvgIpc) is 3.51. The van der Waals surface area contributed by atoms with Crippen LogP contribution in [0.3, 0.4) is 0 Å². The van der Waals surface area contributed by atoms with Crippen LogP contribution in [0.4, 0.5) is 5.69 Å². The molecule has 1 aliphatic carbocycles. The number of anilines is 1. The minimum Gasteiger partial charge on any atom is -0.496 e. The molecule has 4 amide bonds. The van der Waals surface area contributed by atoms with Gasteiger partial charge in [0.25, 0.3) is 17.4 Å². The standard InChI is InChI=1S/C48H61N7O7/c1-30-31(2)45(58)50(3)28-38(30)33-22-41(61-4)39(42(23-33)62-5)29-52-18-20-53(21-19-52)34-10-12-48(13-11-34)14-16-51(17-15-48)25-32-26-54(27-32)35-6-7-36-37(24-35)47(60)55(46(36)59)40-8-9-43(56)49-44(40)57/h6-7,22-24,28,32,34,40H,8-21,25-27,29H2,1-5H3,(H,49,56,57). The Balaban J connectivity index is 0.718. The largest absolute Gasteiger partial charge is 0.496 e. The second-order valence-electron chi connectivity index (χ2n) is 18.9. The molecule has 5 aliphatic heterocycles. The highest BCUT2D eigenvalue weighted by Gasteiger charge is 2.45. The fraction of sp³-hybridized carbons (Fsp3) is 0.562. The number of hydrogen-bond donors (Lipinski definition) is 1. The molecule has 1 aromatic heterocycles. The summed E-state index contributed by atoms with van der Waals surface area (Å²) < 4.78 is 13.6. The van der Waals surface area contributed by atoms with Crippen molar-refractivity contribution in [3.8, 4) is 22.6 Å². The third-order valence-corrected chi connectivity index (χ3v) is 15.3. The number of rotatable bonds is 10. The van der Waals surface area contributed by atoms with Crippen molar-refractivity contribution in [3.05, 3.63) is 74.7 Å². The van der Waals surface area contributed by atoms with Gasteiger partial charge in [0.05, 0.1) is 30.9 Å². The number of piperidine rings is 2. The summed E-state index contributed by atoms with van der Waals surface area (Å²) in [5.74, 6) is 0.286. The van der Waals surface area contributed by atoms with E-state index in [0.29, 0.717) is 28.5 Å². The van der Waals surface area contributed by atoms with Crippen molar-refractivity contribution in [1.29, 1.82) is 0 Å². The highest BCUT2D eigenvalue weighted by atomic mass is 16.5. The molecule has 14 nitrogen and oxygen atoms in total. The fourth-order valence-electron chi connectivity index (χ4n) is 11.3. The highest BCUT2D eigenvalue weighted by molar-refractivity contribution is 6.23. The number of hydrogen-bond acceptors (Lipinski definition) is 11. The van der Waals surface area contributed by atoms with Gasteiger partial charge in [-0.15, -0.1) is 0 Å². The maximum absolute atomic E-state index is 13.3. The summed E-state index contributed by atoms with van der Waals surface area (Å²) in [6, 6.07) is 9.29. The van der Waals surface area contributed by atoms with Crippen LogP contribution in [-0.4, -0.2) is 133 Å².